The van der Waals surface area contributed by atoms with E-state index < -0.39 is 17.8 Å². The van der Waals surface area contributed by atoms with E-state index in [0.29, 0.717) is 12.0 Å². The first-order valence-corrected chi connectivity index (χ1v) is 6.85. The third-order valence-electron chi connectivity index (χ3n) is 3.00. The normalized spacial score (nSPS) is 13.3. The van der Waals surface area contributed by atoms with Gasteiger partial charge in [0.2, 0.25) is 5.91 Å². The fourth-order valence-corrected chi connectivity index (χ4v) is 2.09. The SMILES string of the molecule is CNCC(=O)NC(CC(C)C)c1cccc(C(F)(F)F)c1. The lowest BCUT2D eigenvalue weighted by Gasteiger charge is -2.22. The summed E-state index contributed by atoms with van der Waals surface area (Å²) in [6, 6.07) is 4.70. The van der Waals surface area contributed by atoms with Gasteiger partial charge < -0.3 is 10.6 Å². The molecule has 6 heteroatoms. The van der Waals surface area contributed by atoms with Crippen LogP contribution in [0.4, 0.5) is 13.2 Å². The van der Waals surface area contributed by atoms with E-state index in [-0.39, 0.29) is 18.4 Å². The van der Waals surface area contributed by atoms with Crippen molar-refractivity contribution in [2.45, 2.75) is 32.5 Å². The van der Waals surface area contributed by atoms with Gasteiger partial charge in [-0.1, -0.05) is 26.0 Å². The summed E-state index contributed by atoms with van der Waals surface area (Å²) >= 11 is 0. The van der Waals surface area contributed by atoms with Crippen LogP contribution in [-0.2, 0) is 11.0 Å². The van der Waals surface area contributed by atoms with Gasteiger partial charge >= 0.3 is 6.18 Å². The molecule has 0 bridgehead atoms. The monoisotopic (exact) mass is 302 g/mol. The molecular formula is C15H21F3N2O. The van der Waals surface area contributed by atoms with E-state index in [9.17, 15) is 18.0 Å². The Labute approximate surface area is 122 Å². The maximum atomic E-state index is 12.8. The van der Waals surface area contributed by atoms with Gasteiger partial charge in [0.05, 0.1) is 18.2 Å². The summed E-state index contributed by atoms with van der Waals surface area (Å²) in [5, 5.41) is 5.50. The van der Waals surface area contributed by atoms with Crippen molar-refractivity contribution in [2.24, 2.45) is 5.92 Å². The number of hydrogen-bond acceptors (Lipinski definition) is 2. The lowest BCUT2D eigenvalue weighted by atomic mass is 9.95. The molecule has 0 spiro atoms. The second kappa shape index (κ2) is 7.45. The Morgan fingerprint density at radius 2 is 1.95 bits per heavy atom. The van der Waals surface area contributed by atoms with Crippen LogP contribution in [0.15, 0.2) is 24.3 Å². The number of likely N-dealkylation sites (N-methyl/N-ethyl adjacent to an activating group) is 1. The van der Waals surface area contributed by atoms with Gasteiger partial charge in [0.15, 0.2) is 0 Å². The third kappa shape index (κ3) is 5.75. The molecule has 0 aliphatic carbocycles. The van der Waals surface area contributed by atoms with Gasteiger partial charge in [-0.3, -0.25) is 4.79 Å². The highest BCUT2D eigenvalue weighted by Crippen LogP contribution is 2.31. The number of halogens is 3. The number of rotatable bonds is 6. The van der Waals surface area contributed by atoms with Crippen LogP contribution >= 0.6 is 0 Å². The molecule has 1 amide bonds. The predicted octanol–water partition coefficient (Wildman–Crippen LogP) is 3.13. The van der Waals surface area contributed by atoms with Crippen molar-refractivity contribution in [1.29, 1.82) is 0 Å². The Kier molecular flexibility index (Phi) is 6.20. The van der Waals surface area contributed by atoms with Crippen LogP contribution < -0.4 is 10.6 Å². The standard InChI is InChI=1S/C15H21F3N2O/c1-10(2)7-13(20-14(21)9-19-3)11-5-4-6-12(8-11)15(16,17)18/h4-6,8,10,13,19H,7,9H2,1-3H3,(H,20,21). The number of amides is 1. The number of carbonyl (C=O) groups is 1. The Morgan fingerprint density at radius 1 is 1.29 bits per heavy atom. The van der Waals surface area contributed by atoms with Crippen LogP contribution in [0.25, 0.3) is 0 Å². The van der Waals surface area contributed by atoms with Crippen LogP contribution in [0.2, 0.25) is 0 Å². The van der Waals surface area contributed by atoms with Crippen LogP contribution in [0.5, 0.6) is 0 Å². The maximum Gasteiger partial charge on any atom is 0.416 e. The fourth-order valence-electron chi connectivity index (χ4n) is 2.09. The molecule has 1 atom stereocenters. The summed E-state index contributed by atoms with van der Waals surface area (Å²) in [5.74, 6) is 0.0139. The molecule has 2 N–H and O–H groups in total. The average Bonchev–Trinajstić information content (AvgIpc) is 2.37. The number of alkyl halides is 3. The minimum atomic E-state index is -4.38. The van der Waals surface area contributed by atoms with E-state index in [0.717, 1.165) is 12.1 Å². The second-order valence-electron chi connectivity index (χ2n) is 5.40. The summed E-state index contributed by atoms with van der Waals surface area (Å²) in [6.07, 6.45) is -3.80. The highest BCUT2D eigenvalue weighted by atomic mass is 19.4. The molecule has 21 heavy (non-hydrogen) atoms. The van der Waals surface area contributed by atoms with E-state index >= 15 is 0 Å². The van der Waals surface area contributed by atoms with Crippen molar-refractivity contribution >= 4 is 5.91 Å². The van der Waals surface area contributed by atoms with Crippen LogP contribution in [0.1, 0.15) is 37.4 Å². The van der Waals surface area contributed by atoms with Crippen molar-refractivity contribution < 1.29 is 18.0 Å². The summed E-state index contributed by atoms with van der Waals surface area (Å²) in [5.41, 5.74) is -0.223. The molecule has 1 aromatic carbocycles. The van der Waals surface area contributed by atoms with E-state index in [2.05, 4.69) is 10.6 Å². The Balaban J connectivity index is 3.00. The summed E-state index contributed by atoms with van der Waals surface area (Å²) in [7, 11) is 1.64. The van der Waals surface area contributed by atoms with Gasteiger partial charge in [0.1, 0.15) is 0 Å². The summed E-state index contributed by atoms with van der Waals surface area (Å²) in [4.78, 5) is 11.7. The average molecular weight is 302 g/mol. The molecule has 1 aromatic rings. The van der Waals surface area contributed by atoms with Crippen LogP contribution in [-0.4, -0.2) is 19.5 Å². The minimum Gasteiger partial charge on any atom is -0.348 e. The summed E-state index contributed by atoms with van der Waals surface area (Å²) < 4.78 is 38.3. The van der Waals surface area contributed by atoms with Gasteiger partial charge in [-0.25, -0.2) is 0 Å². The van der Waals surface area contributed by atoms with Crippen molar-refractivity contribution in [3.8, 4) is 0 Å². The third-order valence-corrected chi connectivity index (χ3v) is 3.00. The molecule has 0 saturated carbocycles. The number of benzene rings is 1. The molecule has 0 aromatic heterocycles. The molecule has 0 fully saturated rings. The van der Waals surface area contributed by atoms with Gasteiger partial charge in [-0.15, -0.1) is 0 Å². The van der Waals surface area contributed by atoms with Crippen molar-refractivity contribution in [3.63, 3.8) is 0 Å². The predicted molar refractivity (Wildman–Crippen MR) is 75.7 cm³/mol. The molecule has 3 nitrogen and oxygen atoms in total. The van der Waals surface area contributed by atoms with Crippen LogP contribution in [0.3, 0.4) is 0 Å². The first kappa shape index (κ1) is 17.5. The van der Waals surface area contributed by atoms with Gasteiger partial charge in [-0.05, 0) is 37.1 Å². The molecule has 0 radical (unpaired) electrons. The maximum absolute atomic E-state index is 12.8. The van der Waals surface area contributed by atoms with Crippen molar-refractivity contribution in [3.05, 3.63) is 35.4 Å². The Hall–Kier alpha value is -1.56. The van der Waals surface area contributed by atoms with Gasteiger partial charge in [0, 0.05) is 0 Å². The highest BCUT2D eigenvalue weighted by molar-refractivity contribution is 5.78. The Morgan fingerprint density at radius 3 is 2.48 bits per heavy atom. The number of carbonyl (C=O) groups excluding carboxylic acids is 1. The van der Waals surface area contributed by atoms with Gasteiger partial charge in [0.25, 0.3) is 0 Å². The Bertz CT molecular complexity index is 472. The lowest BCUT2D eigenvalue weighted by Crippen LogP contribution is -2.35. The zero-order valence-electron chi connectivity index (χ0n) is 12.4. The van der Waals surface area contributed by atoms with E-state index in [4.69, 9.17) is 0 Å². The molecule has 1 unspecified atom stereocenters. The summed E-state index contributed by atoms with van der Waals surface area (Å²) in [6.45, 7) is 4.06. The number of nitrogens with one attached hydrogen (secondary N) is 2. The molecular weight excluding hydrogens is 281 g/mol. The molecule has 0 saturated heterocycles. The largest absolute Gasteiger partial charge is 0.416 e. The number of hydrogen-bond donors (Lipinski definition) is 2. The molecule has 0 aliphatic rings. The van der Waals surface area contributed by atoms with Gasteiger partial charge in [-0.2, -0.15) is 13.2 Å². The highest BCUT2D eigenvalue weighted by Gasteiger charge is 2.31. The first-order valence-electron chi connectivity index (χ1n) is 6.85. The minimum absolute atomic E-state index is 0.132. The van der Waals surface area contributed by atoms with Crippen molar-refractivity contribution in [2.75, 3.05) is 13.6 Å². The van der Waals surface area contributed by atoms with E-state index in [1.807, 2.05) is 13.8 Å². The molecule has 1 rings (SSSR count). The van der Waals surface area contributed by atoms with E-state index in [1.165, 1.54) is 6.07 Å². The van der Waals surface area contributed by atoms with Crippen molar-refractivity contribution in [1.82, 2.24) is 10.6 Å². The zero-order chi connectivity index (χ0) is 16.0. The lowest BCUT2D eigenvalue weighted by molar-refractivity contribution is -0.137. The first-order chi connectivity index (χ1) is 9.74. The molecule has 118 valence electrons. The molecule has 0 aliphatic heterocycles. The van der Waals surface area contributed by atoms with E-state index in [1.54, 1.807) is 13.1 Å². The second-order valence-corrected chi connectivity index (χ2v) is 5.40. The fraction of sp³-hybridized carbons (Fsp3) is 0.533. The quantitative estimate of drug-likeness (QED) is 0.847. The zero-order valence-corrected chi connectivity index (χ0v) is 12.4. The molecule has 0 heterocycles. The van der Waals surface area contributed by atoms with Crippen LogP contribution in [0, 0.1) is 5.92 Å². The topological polar surface area (TPSA) is 41.1 Å². The smallest absolute Gasteiger partial charge is 0.348 e.